The van der Waals surface area contributed by atoms with Crippen molar-refractivity contribution in [2.45, 2.75) is 58.4 Å². The molecule has 2 N–H and O–H groups in total. The smallest absolute Gasteiger partial charge is 0.408 e. The van der Waals surface area contributed by atoms with E-state index in [-0.39, 0.29) is 19.1 Å². The zero-order chi connectivity index (χ0) is 23.4. The van der Waals surface area contributed by atoms with Crippen LogP contribution in [-0.2, 0) is 30.4 Å². The minimum atomic E-state index is -1.08. The molecule has 0 heterocycles. The minimum Gasteiger partial charge on any atom is -0.467 e. The monoisotopic (exact) mass is 434 g/mol. The predicted octanol–water partition coefficient (Wildman–Crippen LogP) is 2.97. The molecule has 8 heteroatoms. The Labute approximate surface area is 184 Å². The first kappa shape index (κ1) is 26.2. The molecule has 172 valence electrons. The molecule has 0 saturated carbocycles. The van der Waals surface area contributed by atoms with Crippen molar-refractivity contribution < 1.29 is 28.6 Å². The fourth-order valence-corrected chi connectivity index (χ4v) is 2.50. The van der Waals surface area contributed by atoms with Crippen molar-refractivity contribution in [2.24, 2.45) is 5.92 Å². The molecule has 0 spiro atoms. The molecule has 1 rings (SSSR count). The highest BCUT2D eigenvalue weighted by atomic mass is 16.6. The number of rotatable bonds is 12. The first-order valence-corrected chi connectivity index (χ1v) is 10.3. The third-order valence-electron chi connectivity index (χ3n) is 4.90. The van der Waals surface area contributed by atoms with Gasteiger partial charge in [-0.25, -0.2) is 9.59 Å². The van der Waals surface area contributed by atoms with E-state index in [2.05, 4.69) is 17.2 Å². The van der Waals surface area contributed by atoms with Gasteiger partial charge in [0.15, 0.2) is 0 Å². The zero-order valence-corrected chi connectivity index (χ0v) is 19.0. The number of hydrogen-bond acceptors (Lipinski definition) is 6. The Balaban J connectivity index is 2.87. The van der Waals surface area contributed by atoms with Crippen molar-refractivity contribution >= 4 is 18.0 Å². The van der Waals surface area contributed by atoms with Crippen molar-refractivity contribution in [2.75, 3.05) is 13.7 Å². The summed E-state index contributed by atoms with van der Waals surface area (Å²) in [7, 11) is 1.26. The maximum absolute atomic E-state index is 12.9. The van der Waals surface area contributed by atoms with Gasteiger partial charge in [-0.1, -0.05) is 56.7 Å². The normalized spacial score (nSPS) is 14.0. The molecule has 1 aromatic carbocycles. The van der Waals surface area contributed by atoms with Gasteiger partial charge in [-0.2, -0.15) is 0 Å². The molecule has 31 heavy (non-hydrogen) atoms. The van der Waals surface area contributed by atoms with Crippen molar-refractivity contribution in [3.63, 3.8) is 0 Å². The van der Waals surface area contributed by atoms with Crippen LogP contribution in [0.15, 0.2) is 43.0 Å². The van der Waals surface area contributed by atoms with E-state index in [1.165, 1.54) is 7.11 Å². The third-order valence-corrected chi connectivity index (χ3v) is 4.90. The first-order valence-electron chi connectivity index (χ1n) is 10.3. The van der Waals surface area contributed by atoms with Crippen LogP contribution in [0.5, 0.6) is 0 Å². The molecular formula is C23H34N2O6. The second-order valence-electron chi connectivity index (χ2n) is 7.77. The van der Waals surface area contributed by atoms with Gasteiger partial charge in [-0.3, -0.25) is 4.79 Å². The van der Waals surface area contributed by atoms with Gasteiger partial charge < -0.3 is 24.8 Å². The molecule has 0 aromatic heterocycles. The number of esters is 1. The Morgan fingerprint density at radius 2 is 1.81 bits per heavy atom. The number of carbonyl (C=O) groups is 3. The lowest BCUT2D eigenvalue weighted by Crippen LogP contribution is -2.55. The van der Waals surface area contributed by atoms with Crippen molar-refractivity contribution in [1.29, 1.82) is 0 Å². The molecule has 0 fully saturated rings. The van der Waals surface area contributed by atoms with E-state index in [0.717, 1.165) is 5.56 Å². The lowest BCUT2D eigenvalue weighted by Gasteiger charge is -2.27. The van der Waals surface area contributed by atoms with Gasteiger partial charge >= 0.3 is 12.1 Å². The van der Waals surface area contributed by atoms with Crippen LogP contribution >= 0.6 is 0 Å². The molecule has 0 aliphatic heterocycles. The summed E-state index contributed by atoms with van der Waals surface area (Å²) in [6, 6.07) is 7.23. The van der Waals surface area contributed by atoms with Crippen LogP contribution in [0.4, 0.5) is 4.79 Å². The highest BCUT2D eigenvalue weighted by Crippen LogP contribution is 2.12. The van der Waals surface area contributed by atoms with Crippen LogP contribution in [0.3, 0.4) is 0 Å². The van der Waals surface area contributed by atoms with Crippen LogP contribution in [0, 0.1) is 5.92 Å². The fourth-order valence-electron chi connectivity index (χ4n) is 2.50. The molecule has 0 radical (unpaired) electrons. The quantitative estimate of drug-likeness (QED) is 0.387. The van der Waals surface area contributed by atoms with Crippen LogP contribution in [0.25, 0.3) is 0 Å². The summed E-state index contributed by atoms with van der Waals surface area (Å²) in [6.45, 7) is 10.9. The van der Waals surface area contributed by atoms with Gasteiger partial charge in [0.2, 0.25) is 5.91 Å². The van der Waals surface area contributed by atoms with Crippen molar-refractivity contribution in [3.8, 4) is 0 Å². The highest BCUT2D eigenvalue weighted by molar-refractivity contribution is 5.89. The van der Waals surface area contributed by atoms with E-state index in [0.29, 0.717) is 6.42 Å². The summed E-state index contributed by atoms with van der Waals surface area (Å²) >= 11 is 0. The van der Waals surface area contributed by atoms with Crippen molar-refractivity contribution in [3.05, 3.63) is 48.6 Å². The summed E-state index contributed by atoms with van der Waals surface area (Å²) in [4.78, 5) is 37.3. The average molecular weight is 435 g/mol. The van der Waals surface area contributed by atoms with E-state index in [4.69, 9.17) is 14.2 Å². The molecule has 2 amide bonds. The molecular weight excluding hydrogens is 400 g/mol. The number of methoxy groups -OCH3 is 1. The van der Waals surface area contributed by atoms with E-state index < -0.39 is 35.7 Å². The standard InChI is InChI=1S/C23H34N2O6/c1-7-16(3)19(21(27)29-6)25-20(26)18(15-31-23(4,5)8-2)24-22(28)30-14-17-12-10-9-11-13-17/h8-13,16,18-19H,2,7,14-15H2,1,3-6H3,(H,24,28)(H,25,26)/t16-,18-,19-/m0/s1. The Kier molecular flexibility index (Phi) is 10.8. The number of amides is 2. The summed E-state index contributed by atoms with van der Waals surface area (Å²) in [6.07, 6.45) is 1.46. The molecule has 0 bridgehead atoms. The first-order chi connectivity index (χ1) is 14.6. The number of hydrogen-bond donors (Lipinski definition) is 2. The number of benzene rings is 1. The second-order valence-corrected chi connectivity index (χ2v) is 7.77. The predicted molar refractivity (Wildman–Crippen MR) is 117 cm³/mol. The van der Waals surface area contributed by atoms with Crippen LogP contribution in [-0.4, -0.2) is 49.4 Å². The van der Waals surface area contributed by atoms with E-state index in [1.54, 1.807) is 19.9 Å². The van der Waals surface area contributed by atoms with Crippen molar-refractivity contribution in [1.82, 2.24) is 10.6 Å². The molecule has 3 atom stereocenters. The van der Waals surface area contributed by atoms with E-state index in [1.807, 2.05) is 44.2 Å². The van der Waals surface area contributed by atoms with E-state index >= 15 is 0 Å². The average Bonchev–Trinajstić information content (AvgIpc) is 2.78. The minimum absolute atomic E-state index is 0.0532. The largest absolute Gasteiger partial charge is 0.467 e. The lowest BCUT2D eigenvalue weighted by atomic mass is 9.99. The maximum atomic E-state index is 12.9. The SMILES string of the molecule is C=CC(C)(C)OC[C@H](NC(=O)OCc1ccccc1)C(=O)N[C@H](C(=O)OC)[C@@H](C)CC. The number of ether oxygens (including phenoxy) is 3. The molecule has 0 saturated heterocycles. The highest BCUT2D eigenvalue weighted by Gasteiger charge is 2.31. The van der Waals surface area contributed by atoms with Gasteiger partial charge in [0.1, 0.15) is 18.7 Å². The number of alkyl carbamates (subject to hydrolysis) is 1. The van der Waals surface area contributed by atoms with Crippen LogP contribution in [0.1, 0.15) is 39.7 Å². The topological polar surface area (TPSA) is 103 Å². The molecule has 0 aliphatic carbocycles. The van der Waals surface area contributed by atoms with E-state index in [9.17, 15) is 14.4 Å². The summed E-state index contributed by atoms with van der Waals surface area (Å²) in [5, 5.41) is 5.18. The van der Waals surface area contributed by atoms with Gasteiger partial charge in [0.25, 0.3) is 0 Å². The van der Waals surface area contributed by atoms with Gasteiger partial charge in [-0.15, -0.1) is 6.58 Å². The Morgan fingerprint density at radius 1 is 1.16 bits per heavy atom. The number of nitrogens with one attached hydrogen (secondary N) is 2. The van der Waals surface area contributed by atoms with Crippen LogP contribution < -0.4 is 10.6 Å². The zero-order valence-electron chi connectivity index (χ0n) is 19.0. The van der Waals surface area contributed by atoms with Gasteiger partial charge in [0.05, 0.1) is 19.3 Å². The Morgan fingerprint density at radius 3 is 2.35 bits per heavy atom. The van der Waals surface area contributed by atoms with Crippen LogP contribution in [0.2, 0.25) is 0 Å². The lowest BCUT2D eigenvalue weighted by molar-refractivity contribution is -0.147. The fraction of sp³-hybridized carbons (Fsp3) is 0.522. The molecule has 8 nitrogen and oxygen atoms in total. The number of carbonyl (C=O) groups excluding carboxylic acids is 3. The summed E-state index contributed by atoms with van der Waals surface area (Å²) < 4.78 is 15.7. The maximum Gasteiger partial charge on any atom is 0.408 e. The molecule has 0 aliphatic rings. The third kappa shape index (κ3) is 9.21. The Bertz CT molecular complexity index is 735. The molecule has 0 unspecified atom stereocenters. The van der Waals surface area contributed by atoms with Gasteiger partial charge in [-0.05, 0) is 25.3 Å². The van der Waals surface area contributed by atoms with Gasteiger partial charge in [0, 0.05) is 0 Å². The molecule has 1 aromatic rings. The second kappa shape index (κ2) is 12.7. The Hall–Kier alpha value is -2.87. The summed E-state index contributed by atoms with van der Waals surface area (Å²) in [5.41, 5.74) is 0.0947. The summed E-state index contributed by atoms with van der Waals surface area (Å²) in [5.74, 6) is -1.29.